The van der Waals surface area contributed by atoms with Gasteiger partial charge in [0.1, 0.15) is 5.75 Å². The number of hydrogen-bond acceptors (Lipinski definition) is 4. The molecule has 2 unspecified atom stereocenters. The predicted octanol–water partition coefficient (Wildman–Crippen LogP) is 5.67. The normalized spacial score (nSPS) is 16.9. The van der Waals surface area contributed by atoms with Gasteiger partial charge in [-0.3, -0.25) is 9.59 Å². The fraction of sp³-hybridized carbons (Fsp3) is 0.290. The molecule has 2 atom stereocenters. The van der Waals surface area contributed by atoms with Gasteiger partial charge in [-0.15, -0.1) is 0 Å². The lowest BCUT2D eigenvalue weighted by molar-refractivity contribution is -0.119. The van der Waals surface area contributed by atoms with E-state index in [1.165, 1.54) is 0 Å². The summed E-state index contributed by atoms with van der Waals surface area (Å²) in [5.74, 6) is -0.239. The molecule has 7 heteroatoms. The highest BCUT2D eigenvalue weighted by Crippen LogP contribution is 2.45. The Bertz CT molecular complexity index is 1340. The van der Waals surface area contributed by atoms with Crippen molar-refractivity contribution in [1.82, 2.24) is 9.47 Å². The zero-order chi connectivity index (χ0) is 27.2. The monoisotopic (exact) mass is 513 g/mol. The van der Waals surface area contributed by atoms with Crippen LogP contribution < -0.4 is 10.1 Å². The molecule has 0 fully saturated rings. The molecule has 0 saturated heterocycles. The van der Waals surface area contributed by atoms with Gasteiger partial charge >= 0.3 is 0 Å². The number of aryl methyl sites for hydroxylation is 1. The fourth-order valence-corrected chi connectivity index (χ4v) is 5.20. The van der Waals surface area contributed by atoms with Crippen LogP contribution in [0.4, 0.5) is 5.69 Å². The zero-order valence-corrected chi connectivity index (χ0v) is 22.4. The van der Waals surface area contributed by atoms with Crippen LogP contribution in [0.1, 0.15) is 58.5 Å². The Morgan fingerprint density at radius 3 is 2.53 bits per heavy atom. The summed E-state index contributed by atoms with van der Waals surface area (Å²) in [6, 6.07) is 14.1. The molecular weight excluding hydrogens is 478 g/mol. The lowest BCUT2D eigenvalue weighted by Crippen LogP contribution is -2.47. The predicted molar refractivity (Wildman–Crippen MR) is 151 cm³/mol. The Balaban J connectivity index is 1.87. The summed E-state index contributed by atoms with van der Waals surface area (Å²) in [7, 11) is 3.55. The van der Waals surface area contributed by atoms with Gasteiger partial charge in [-0.2, -0.15) is 0 Å². The van der Waals surface area contributed by atoms with Crippen molar-refractivity contribution >= 4 is 29.7 Å². The fourth-order valence-electron chi connectivity index (χ4n) is 5.20. The molecule has 2 aromatic carbocycles. The van der Waals surface area contributed by atoms with Crippen LogP contribution in [0.3, 0.4) is 0 Å². The lowest BCUT2D eigenvalue weighted by atomic mass is 9.78. The largest absolute Gasteiger partial charge is 0.494 e. The highest BCUT2D eigenvalue weighted by atomic mass is 16.5. The Morgan fingerprint density at radius 2 is 1.87 bits per heavy atom. The minimum absolute atomic E-state index is 0.122. The molecule has 0 radical (unpaired) electrons. The maximum Gasteiger partial charge on any atom is 0.254 e. The number of nitrogens with one attached hydrogen (secondary N) is 1. The number of anilines is 1. The van der Waals surface area contributed by atoms with Gasteiger partial charge in [-0.05, 0) is 55.8 Å². The molecule has 7 nitrogen and oxygen atoms in total. The molecule has 1 aliphatic rings. The van der Waals surface area contributed by atoms with E-state index in [4.69, 9.17) is 9.47 Å². The molecule has 2 amide bonds. The van der Waals surface area contributed by atoms with E-state index in [2.05, 4.69) is 11.9 Å². The average Bonchev–Trinajstić information content (AvgIpc) is 3.23. The molecule has 1 aromatic heterocycles. The highest BCUT2D eigenvalue weighted by molar-refractivity contribution is 6.04. The molecule has 0 spiro atoms. The topological polar surface area (TPSA) is 72.8 Å². The van der Waals surface area contributed by atoms with E-state index in [9.17, 15) is 9.59 Å². The van der Waals surface area contributed by atoms with E-state index < -0.39 is 12.0 Å². The number of methoxy groups -OCH3 is 1. The first-order valence-electron chi connectivity index (χ1n) is 12.8. The first-order chi connectivity index (χ1) is 18.4. The van der Waals surface area contributed by atoms with Crippen molar-refractivity contribution in [2.75, 3.05) is 32.2 Å². The maximum atomic E-state index is 14.1. The van der Waals surface area contributed by atoms with Crippen molar-refractivity contribution < 1.29 is 19.1 Å². The van der Waals surface area contributed by atoms with Crippen LogP contribution in [0.5, 0.6) is 5.75 Å². The molecule has 2 heterocycles. The third-order valence-corrected chi connectivity index (χ3v) is 6.84. The molecular formula is C31H35N3O4. The minimum atomic E-state index is -0.656. The number of carbonyl (C=O) groups excluding carboxylic acids is 2. The van der Waals surface area contributed by atoms with E-state index in [0.717, 1.165) is 22.6 Å². The van der Waals surface area contributed by atoms with Crippen LogP contribution in [-0.4, -0.2) is 48.1 Å². The van der Waals surface area contributed by atoms with Crippen molar-refractivity contribution in [3.8, 4) is 5.75 Å². The van der Waals surface area contributed by atoms with Gasteiger partial charge in [0.05, 0.1) is 25.2 Å². The van der Waals surface area contributed by atoms with E-state index in [1.807, 2.05) is 86.3 Å². The van der Waals surface area contributed by atoms with Crippen LogP contribution in [0, 0.1) is 0 Å². The molecule has 0 saturated carbocycles. The van der Waals surface area contributed by atoms with Gasteiger partial charge < -0.3 is 24.3 Å². The van der Waals surface area contributed by atoms with E-state index in [1.54, 1.807) is 24.2 Å². The quantitative estimate of drug-likeness (QED) is 0.379. The summed E-state index contributed by atoms with van der Waals surface area (Å²) in [5, 5.41) is 3.09. The van der Waals surface area contributed by atoms with Crippen molar-refractivity contribution in [1.29, 1.82) is 0 Å². The van der Waals surface area contributed by atoms with Gasteiger partial charge in [0, 0.05) is 55.0 Å². The third-order valence-electron chi connectivity index (χ3n) is 6.84. The van der Waals surface area contributed by atoms with Gasteiger partial charge in [0.15, 0.2) is 0 Å². The first-order valence-corrected chi connectivity index (χ1v) is 12.8. The first kappa shape index (κ1) is 26.9. The summed E-state index contributed by atoms with van der Waals surface area (Å²) in [6.45, 7) is 9.13. The molecule has 4 rings (SSSR count). The summed E-state index contributed by atoms with van der Waals surface area (Å²) < 4.78 is 12.9. The van der Waals surface area contributed by atoms with Gasteiger partial charge in [-0.1, -0.05) is 36.9 Å². The number of carbonyl (C=O) groups is 2. The summed E-state index contributed by atoms with van der Waals surface area (Å²) >= 11 is 0. The number of hydrogen-bond donors (Lipinski definition) is 1. The van der Waals surface area contributed by atoms with Gasteiger partial charge in [-0.25, -0.2) is 0 Å². The molecule has 0 aliphatic carbocycles. The number of rotatable bonds is 10. The summed E-state index contributed by atoms with van der Waals surface area (Å²) in [5.41, 5.74) is 4.62. The number of benzene rings is 2. The minimum Gasteiger partial charge on any atom is -0.494 e. The van der Waals surface area contributed by atoms with Crippen molar-refractivity contribution in [2.24, 2.45) is 7.05 Å². The highest BCUT2D eigenvalue weighted by Gasteiger charge is 2.45. The standard InChI is InChI=1S/C31H35N3O4/c1-6-11-23-26(20-33(4)27(23)7-2)29-28(30(35)32-21-14-16-22(17-15-21)38-8-3)24-12-9-10-13-25(24)31(36)34(29)18-19-37-5/h6-7,9-17,20,28-29H,2,8,18-19H2,1,3-5H3,(H,32,35)/b11-6-. The Morgan fingerprint density at radius 1 is 1.13 bits per heavy atom. The Labute approximate surface area is 224 Å². The average molecular weight is 514 g/mol. The van der Waals surface area contributed by atoms with E-state index >= 15 is 0 Å². The van der Waals surface area contributed by atoms with Crippen molar-refractivity contribution in [3.63, 3.8) is 0 Å². The number of amides is 2. The van der Waals surface area contributed by atoms with Gasteiger partial charge in [0.2, 0.25) is 5.91 Å². The second-order valence-corrected chi connectivity index (χ2v) is 9.15. The molecule has 38 heavy (non-hydrogen) atoms. The molecule has 3 aromatic rings. The smallest absolute Gasteiger partial charge is 0.254 e. The van der Waals surface area contributed by atoms with Gasteiger partial charge in [0.25, 0.3) is 5.91 Å². The molecule has 1 aliphatic heterocycles. The van der Waals surface area contributed by atoms with E-state index in [0.29, 0.717) is 36.6 Å². The Kier molecular flexibility index (Phi) is 8.48. The lowest BCUT2D eigenvalue weighted by Gasteiger charge is -2.41. The van der Waals surface area contributed by atoms with Crippen molar-refractivity contribution in [2.45, 2.75) is 25.8 Å². The second-order valence-electron chi connectivity index (χ2n) is 9.15. The number of ether oxygens (including phenoxy) is 2. The van der Waals surface area contributed by atoms with Crippen LogP contribution in [0.25, 0.3) is 12.2 Å². The SMILES string of the molecule is C=Cc1c(/C=C\C)c(C2C(C(=O)Nc3ccc(OCC)cc3)c3ccccc3C(=O)N2CCOC)cn1C. The zero-order valence-electron chi connectivity index (χ0n) is 22.4. The van der Waals surface area contributed by atoms with Crippen LogP contribution in [0.15, 0.2) is 67.4 Å². The second kappa shape index (κ2) is 12.0. The summed E-state index contributed by atoms with van der Waals surface area (Å²) in [4.78, 5) is 29.7. The maximum absolute atomic E-state index is 14.1. The molecule has 0 bridgehead atoms. The third kappa shape index (κ3) is 5.15. The van der Waals surface area contributed by atoms with Crippen molar-refractivity contribution in [3.05, 3.63) is 95.3 Å². The Hall–Kier alpha value is -4.10. The van der Waals surface area contributed by atoms with E-state index in [-0.39, 0.29) is 11.8 Å². The molecule has 1 N–H and O–H groups in total. The number of aromatic nitrogens is 1. The number of nitrogens with zero attached hydrogens (tertiary/aromatic N) is 2. The van der Waals surface area contributed by atoms with Crippen LogP contribution in [0.2, 0.25) is 0 Å². The molecule has 198 valence electrons. The number of fused-ring (bicyclic) bond motifs is 1. The number of allylic oxidation sites excluding steroid dienone is 1. The van der Waals surface area contributed by atoms with Crippen LogP contribution >= 0.6 is 0 Å². The van der Waals surface area contributed by atoms with Crippen LogP contribution in [-0.2, 0) is 16.6 Å². The summed E-state index contributed by atoms with van der Waals surface area (Å²) in [6.07, 6.45) is 7.76.